The predicted octanol–water partition coefficient (Wildman–Crippen LogP) is 2.82. The monoisotopic (exact) mass is 333 g/mol. The number of imide groups is 1. The fraction of sp³-hybridized carbons (Fsp3) is 0.158. The van der Waals surface area contributed by atoms with Gasteiger partial charge in [0, 0.05) is 18.4 Å². The standard InChI is InChI=1S/C19H15N3O3/c23-16(17-14-8-3-4-9-15(14)20-21-17)10-5-11-22-18(24)12-6-1-2-7-13(12)19(22)25/h1-4,6-9H,5,10-11H2,(H,20,21). The van der Waals surface area contributed by atoms with Crippen molar-refractivity contribution >= 4 is 28.5 Å². The van der Waals surface area contributed by atoms with Crippen LogP contribution in [0.1, 0.15) is 44.0 Å². The number of carbonyl (C=O) groups is 3. The highest BCUT2D eigenvalue weighted by Crippen LogP contribution is 2.23. The van der Waals surface area contributed by atoms with E-state index in [9.17, 15) is 14.4 Å². The Hall–Kier alpha value is -3.28. The molecule has 0 bridgehead atoms. The van der Waals surface area contributed by atoms with Crippen LogP contribution in [0.25, 0.3) is 10.9 Å². The van der Waals surface area contributed by atoms with Gasteiger partial charge in [0.25, 0.3) is 11.8 Å². The van der Waals surface area contributed by atoms with E-state index >= 15 is 0 Å². The summed E-state index contributed by atoms with van der Waals surface area (Å²) < 4.78 is 0. The number of aromatic nitrogens is 2. The van der Waals surface area contributed by atoms with Crippen molar-refractivity contribution in [3.63, 3.8) is 0 Å². The molecule has 1 aliphatic rings. The lowest BCUT2D eigenvalue weighted by atomic mass is 10.1. The molecule has 2 aromatic carbocycles. The highest BCUT2D eigenvalue weighted by atomic mass is 16.2. The van der Waals surface area contributed by atoms with E-state index in [1.54, 1.807) is 24.3 Å². The molecule has 0 radical (unpaired) electrons. The van der Waals surface area contributed by atoms with Crippen molar-refractivity contribution in [3.05, 3.63) is 65.4 Å². The number of para-hydroxylation sites is 1. The third-order valence-corrected chi connectivity index (χ3v) is 4.40. The molecule has 6 nitrogen and oxygen atoms in total. The average Bonchev–Trinajstić information content (AvgIpc) is 3.17. The first-order chi connectivity index (χ1) is 12.2. The summed E-state index contributed by atoms with van der Waals surface area (Å²) in [6.07, 6.45) is 0.633. The Morgan fingerprint density at radius 3 is 2.32 bits per heavy atom. The molecule has 0 unspecified atom stereocenters. The molecule has 0 aliphatic carbocycles. The van der Waals surface area contributed by atoms with Crippen LogP contribution in [0.4, 0.5) is 0 Å². The summed E-state index contributed by atoms with van der Waals surface area (Å²) in [4.78, 5) is 38.2. The molecule has 3 aromatic rings. The molecule has 0 fully saturated rings. The van der Waals surface area contributed by atoms with E-state index in [-0.39, 0.29) is 30.6 Å². The number of aromatic amines is 1. The van der Waals surface area contributed by atoms with Crippen molar-refractivity contribution < 1.29 is 14.4 Å². The number of nitrogens with one attached hydrogen (secondary N) is 1. The lowest BCUT2D eigenvalue weighted by molar-refractivity contribution is 0.0647. The van der Waals surface area contributed by atoms with E-state index in [1.807, 2.05) is 24.3 Å². The minimum Gasteiger partial charge on any atom is -0.292 e. The van der Waals surface area contributed by atoms with Crippen molar-refractivity contribution in [3.8, 4) is 0 Å². The number of H-pyrrole nitrogens is 1. The van der Waals surface area contributed by atoms with Gasteiger partial charge in [0.15, 0.2) is 5.78 Å². The van der Waals surface area contributed by atoms with Gasteiger partial charge in [0.1, 0.15) is 5.69 Å². The van der Waals surface area contributed by atoms with Gasteiger partial charge in [0.05, 0.1) is 16.6 Å². The Kier molecular flexibility index (Phi) is 3.65. The zero-order chi connectivity index (χ0) is 17.4. The summed E-state index contributed by atoms with van der Waals surface area (Å²) in [5.41, 5.74) is 2.07. The van der Waals surface area contributed by atoms with Gasteiger partial charge in [-0.3, -0.25) is 24.4 Å². The minimum absolute atomic E-state index is 0.103. The highest BCUT2D eigenvalue weighted by Gasteiger charge is 2.34. The molecule has 1 N–H and O–H groups in total. The van der Waals surface area contributed by atoms with Crippen LogP contribution in [0, 0.1) is 0 Å². The molecule has 2 heterocycles. The van der Waals surface area contributed by atoms with Gasteiger partial charge < -0.3 is 0 Å². The number of amides is 2. The van der Waals surface area contributed by atoms with Gasteiger partial charge in [-0.2, -0.15) is 5.10 Å². The van der Waals surface area contributed by atoms with E-state index in [0.717, 1.165) is 10.9 Å². The van der Waals surface area contributed by atoms with Crippen LogP contribution in [0.15, 0.2) is 48.5 Å². The van der Waals surface area contributed by atoms with Gasteiger partial charge in [-0.1, -0.05) is 30.3 Å². The number of carbonyl (C=O) groups excluding carboxylic acids is 3. The molecule has 4 rings (SSSR count). The number of ketones is 1. The summed E-state index contributed by atoms with van der Waals surface area (Å²) in [6, 6.07) is 14.2. The van der Waals surface area contributed by atoms with Gasteiger partial charge in [-0.25, -0.2) is 0 Å². The average molecular weight is 333 g/mol. The maximum absolute atomic E-state index is 12.4. The van der Waals surface area contributed by atoms with Crippen molar-refractivity contribution in [2.75, 3.05) is 6.54 Å². The van der Waals surface area contributed by atoms with Gasteiger partial charge in [-0.05, 0) is 24.6 Å². The second-order valence-corrected chi connectivity index (χ2v) is 5.95. The molecule has 1 aromatic heterocycles. The Bertz CT molecular complexity index is 971. The summed E-state index contributed by atoms with van der Waals surface area (Å²) in [5.74, 6) is -0.689. The lowest BCUT2D eigenvalue weighted by Gasteiger charge is -2.12. The van der Waals surface area contributed by atoms with E-state index in [0.29, 0.717) is 23.2 Å². The van der Waals surface area contributed by atoms with Crippen LogP contribution in [0.3, 0.4) is 0 Å². The SMILES string of the molecule is O=C(CCCN1C(=O)c2ccccc2C1=O)c1n[nH]c2ccccc12. The maximum Gasteiger partial charge on any atom is 0.261 e. The fourth-order valence-corrected chi connectivity index (χ4v) is 3.13. The second kappa shape index (κ2) is 5.98. The van der Waals surface area contributed by atoms with Crippen LogP contribution < -0.4 is 0 Å². The van der Waals surface area contributed by atoms with Crippen LogP contribution in [0.5, 0.6) is 0 Å². The van der Waals surface area contributed by atoms with Crippen molar-refractivity contribution in [2.45, 2.75) is 12.8 Å². The molecule has 0 atom stereocenters. The van der Waals surface area contributed by atoms with Crippen molar-refractivity contribution in [2.24, 2.45) is 0 Å². The summed E-state index contributed by atoms with van der Waals surface area (Å²) in [5, 5.41) is 7.71. The first-order valence-corrected chi connectivity index (χ1v) is 8.08. The predicted molar refractivity (Wildman–Crippen MR) is 91.5 cm³/mol. The molecule has 6 heteroatoms. The van der Waals surface area contributed by atoms with Gasteiger partial charge in [-0.15, -0.1) is 0 Å². The van der Waals surface area contributed by atoms with Gasteiger partial charge >= 0.3 is 0 Å². The molecule has 124 valence electrons. The van der Waals surface area contributed by atoms with E-state index < -0.39 is 0 Å². The Labute approximate surface area is 143 Å². The van der Waals surface area contributed by atoms with Crippen LogP contribution in [-0.4, -0.2) is 39.2 Å². The maximum atomic E-state index is 12.4. The quantitative estimate of drug-likeness (QED) is 0.575. The molecule has 25 heavy (non-hydrogen) atoms. The summed E-state index contributed by atoms with van der Waals surface area (Å²) >= 11 is 0. The third-order valence-electron chi connectivity index (χ3n) is 4.40. The highest BCUT2D eigenvalue weighted by molar-refractivity contribution is 6.21. The number of hydrogen-bond donors (Lipinski definition) is 1. The second-order valence-electron chi connectivity index (χ2n) is 5.95. The third kappa shape index (κ3) is 2.52. The molecular weight excluding hydrogens is 318 g/mol. The Morgan fingerprint density at radius 1 is 0.960 bits per heavy atom. The van der Waals surface area contributed by atoms with Crippen LogP contribution in [-0.2, 0) is 0 Å². The topological polar surface area (TPSA) is 83.1 Å². The molecular formula is C19H15N3O3. The summed E-state index contributed by atoms with van der Waals surface area (Å²) in [6.45, 7) is 0.223. The number of Topliss-reactive ketones (excluding diaryl/α,β-unsaturated/α-hetero) is 1. The Balaban J connectivity index is 1.42. The lowest BCUT2D eigenvalue weighted by Crippen LogP contribution is -2.31. The van der Waals surface area contributed by atoms with Crippen molar-refractivity contribution in [1.29, 1.82) is 0 Å². The number of nitrogens with zero attached hydrogens (tertiary/aromatic N) is 2. The zero-order valence-corrected chi connectivity index (χ0v) is 13.4. The molecule has 0 spiro atoms. The number of benzene rings is 2. The van der Waals surface area contributed by atoms with E-state index in [2.05, 4.69) is 10.2 Å². The number of rotatable bonds is 5. The normalized spacial score (nSPS) is 13.5. The first kappa shape index (κ1) is 15.3. The molecule has 1 aliphatic heterocycles. The molecule has 0 saturated carbocycles. The smallest absolute Gasteiger partial charge is 0.261 e. The minimum atomic E-state index is -0.293. The van der Waals surface area contributed by atoms with E-state index in [4.69, 9.17) is 0 Å². The van der Waals surface area contributed by atoms with Crippen molar-refractivity contribution in [1.82, 2.24) is 15.1 Å². The fourth-order valence-electron chi connectivity index (χ4n) is 3.13. The molecule has 2 amide bonds. The largest absolute Gasteiger partial charge is 0.292 e. The molecule has 0 saturated heterocycles. The number of fused-ring (bicyclic) bond motifs is 2. The van der Waals surface area contributed by atoms with Gasteiger partial charge in [0.2, 0.25) is 0 Å². The van der Waals surface area contributed by atoms with Crippen LogP contribution in [0.2, 0.25) is 0 Å². The van der Waals surface area contributed by atoms with E-state index in [1.165, 1.54) is 4.90 Å². The Morgan fingerprint density at radius 2 is 1.60 bits per heavy atom. The number of hydrogen-bond acceptors (Lipinski definition) is 4. The first-order valence-electron chi connectivity index (χ1n) is 8.08. The van der Waals surface area contributed by atoms with Crippen LogP contribution >= 0.6 is 0 Å². The zero-order valence-electron chi connectivity index (χ0n) is 13.4. The summed E-state index contributed by atoms with van der Waals surface area (Å²) in [7, 11) is 0.